The van der Waals surface area contributed by atoms with E-state index >= 15 is 0 Å². The molecule has 82 valence electrons. The third kappa shape index (κ3) is 3.76. The van der Waals surface area contributed by atoms with Crippen LogP contribution in [-0.2, 0) is 4.43 Å². The second-order valence-electron chi connectivity index (χ2n) is 2.65. The van der Waals surface area contributed by atoms with E-state index < -0.39 is 18.0 Å². The van der Waals surface area contributed by atoms with Crippen LogP contribution in [0.4, 0.5) is 0 Å². The first-order valence-corrected chi connectivity index (χ1v) is 13.5. The maximum atomic E-state index is 6.11. The molecule has 0 fully saturated rings. The molecule has 1 rings (SSSR count). The summed E-state index contributed by atoms with van der Waals surface area (Å²) in [6.07, 6.45) is 0. The minimum atomic E-state index is -3.45. The van der Waals surface area contributed by atoms with E-state index in [1.165, 1.54) is 0 Å². The number of hydrogen-bond donors (Lipinski definition) is 0. The third-order valence-corrected chi connectivity index (χ3v) is 18.5. The quantitative estimate of drug-likeness (QED) is 0.442. The van der Waals surface area contributed by atoms with Gasteiger partial charge in [-0.15, -0.1) is 0 Å². The Morgan fingerprint density at radius 1 is 1.00 bits per heavy atom. The van der Waals surface area contributed by atoms with Crippen LogP contribution in [0, 0.1) is 0 Å². The van der Waals surface area contributed by atoms with Crippen LogP contribution < -0.4 is 0 Å². The van der Waals surface area contributed by atoms with Gasteiger partial charge in [0.05, 0.1) is 0 Å². The molecule has 0 saturated heterocycles. The van der Waals surface area contributed by atoms with Crippen LogP contribution in [0.25, 0.3) is 0 Å². The average molecular weight is 408 g/mol. The summed E-state index contributed by atoms with van der Waals surface area (Å²) in [7, 11) is 12.2. The van der Waals surface area contributed by atoms with Crippen LogP contribution in [0.5, 0.6) is 0 Å². The zero-order valence-corrected chi connectivity index (χ0v) is 13.0. The second kappa shape index (κ2) is 5.15. The molecule has 6 heteroatoms. The molecule has 0 N–H and O–H groups in total. The molecule has 0 aliphatic heterocycles. The Morgan fingerprint density at radius 2 is 1.50 bits per heavy atom. The topological polar surface area (TPSA) is 0 Å². The zero-order valence-electron chi connectivity index (χ0n) is 6.89. The number of benzene rings is 1. The Labute approximate surface area is 110 Å². The molecule has 0 spiro atoms. The Balaban J connectivity index is 2.79. The molecule has 0 saturated carbocycles. The molecular weight excluding hydrogens is 400 g/mol. The first-order chi connectivity index (χ1) is 6.33. The SMILES string of the molecule is ClC(Cl)(Cl)[IH](Cl)(Cl)Cc1ccccc1. The molecule has 0 aliphatic carbocycles. The summed E-state index contributed by atoms with van der Waals surface area (Å²) >= 11 is 13.7. The number of rotatable bonds is 2. The zero-order chi connectivity index (χ0) is 10.8. The van der Waals surface area contributed by atoms with Crippen LogP contribution in [0.3, 0.4) is 0 Å². The summed E-state index contributed by atoms with van der Waals surface area (Å²) in [5.74, 6) is 0. The molecule has 0 aliphatic rings. The van der Waals surface area contributed by atoms with Crippen LogP contribution >= 0.6 is 68.8 Å². The van der Waals surface area contributed by atoms with Crippen molar-refractivity contribution >= 4 is 68.8 Å². The molecule has 1 aromatic rings. The molecule has 0 atom stereocenters. The van der Waals surface area contributed by atoms with Gasteiger partial charge in [0, 0.05) is 0 Å². The van der Waals surface area contributed by atoms with Crippen LogP contribution in [0.1, 0.15) is 5.56 Å². The molecular formula is C8H8Cl5I. The summed E-state index contributed by atoms with van der Waals surface area (Å²) in [5.41, 5.74) is 1.00. The first kappa shape index (κ1) is 13.5. The number of hydrogen-bond acceptors (Lipinski definition) is 0. The number of alkyl halides is 5. The van der Waals surface area contributed by atoms with Gasteiger partial charge in [-0.2, -0.15) is 0 Å². The van der Waals surface area contributed by atoms with Crippen molar-refractivity contribution in [3.05, 3.63) is 35.9 Å². The van der Waals surface area contributed by atoms with Gasteiger partial charge in [0.15, 0.2) is 0 Å². The normalized spacial score (nSPS) is 14.1. The van der Waals surface area contributed by atoms with Gasteiger partial charge < -0.3 is 0 Å². The molecule has 14 heavy (non-hydrogen) atoms. The van der Waals surface area contributed by atoms with E-state index in [0.717, 1.165) is 5.56 Å². The van der Waals surface area contributed by atoms with Crippen LogP contribution in [-0.4, -0.2) is 1.80 Å². The van der Waals surface area contributed by atoms with Gasteiger partial charge in [-0.1, -0.05) is 0 Å². The molecule has 0 radical (unpaired) electrons. The van der Waals surface area contributed by atoms with E-state index in [2.05, 4.69) is 0 Å². The average Bonchev–Trinajstić information content (AvgIpc) is 2.03. The fourth-order valence-corrected chi connectivity index (χ4v) is 5.86. The van der Waals surface area contributed by atoms with Crippen LogP contribution in [0.15, 0.2) is 30.3 Å². The molecule has 0 unspecified atom stereocenters. The van der Waals surface area contributed by atoms with Gasteiger partial charge in [-0.05, 0) is 0 Å². The standard InChI is InChI=1S/C8H8Cl5I/c9-8(10,11)14(12,13)6-7-4-2-1-3-5-7/h1-5,14H,6H2. The van der Waals surface area contributed by atoms with Crippen molar-refractivity contribution in [3.8, 4) is 0 Å². The fourth-order valence-electron chi connectivity index (χ4n) is 0.865. The van der Waals surface area contributed by atoms with Crippen LogP contribution in [0.2, 0.25) is 0 Å². The summed E-state index contributed by atoms with van der Waals surface area (Å²) < 4.78 is -1.04. The Hall–Kier alpha value is 1.40. The van der Waals surface area contributed by atoms with Crippen molar-refractivity contribution in [1.29, 1.82) is 0 Å². The van der Waals surface area contributed by atoms with Gasteiger partial charge in [0.25, 0.3) is 0 Å². The van der Waals surface area contributed by atoms with Crippen molar-refractivity contribution in [2.75, 3.05) is 0 Å². The van der Waals surface area contributed by atoms with Gasteiger partial charge in [-0.25, -0.2) is 0 Å². The predicted octanol–water partition coefficient (Wildman–Crippen LogP) is 5.60. The summed E-state index contributed by atoms with van der Waals surface area (Å²) in [5, 5.41) is 0. The molecule has 0 nitrogen and oxygen atoms in total. The fraction of sp³-hybridized carbons (Fsp3) is 0.250. The minimum absolute atomic E-state index is 0.475. The van der Waals surface area contributed by atoms with Crippen molar-refractivity contribution < 1.29 is 0 Å². The van der Waals surface area contributed by atoms with Gasteiger partial charge in [-0.3, -0.25) is 0 Å². The van der Waals surface area contributed by atoms with E-state index in [1.54, 1.807) is 0 Å². The predicted molar refractivity (Wildman–Crippen MR) is 77.6 cm³/mol. The molecule has 1 aromatic carbocycles. The monoisotopic (exact) mass is 406 g/mol. The Morgan fingerprint density at radius 3 is 1.93 bits per heavy atom. The molecule has 0 aromatic heterocycles. The first-order valence-electron chi connectivity index (χ1n) is 3.63. The van der Waals surface area contributed by atoms with E-state index in [-0.39, 0.29) is 0 Å². The van der Waals surface area contributed by atoms with E-state index in [4.69, 9.17) is 52.6 Å². The molecule has 0 bridgehead atoms. The summed E-state index contributed by atoms with van der Waals surface area (Å²) in [4.78, 5) is 0. The van der Waals surface area contributed by atoms with E-state index in [0.29, 0.717) is 4.43 Å². The van der Waals surface area contributed by atoms with Gasteiger partial charge >= 0.3 is 111 Å². The number of halogens is 6. The molecule has 0 heterocycles. The second-order valence-corrected chi connectivity index (χ2v) is 21.0. The van der Waals surface area contributed by atoms with Crippen molar-refractivity contribution in [3.63, 3.8) is 0 Å². The van der Waals surface area contributed by atoms with Crippen molar-refractivity contribution in [1.82, 2.24) is 0 Å². The Kier molecular flexibility index (Phi) is 4.96. The summed E-state index contributed by atoms with van der Waals surface area (Å²) in [6.45, 7) is 0. The van der Waals surface area contributed by atoms with Gasteiger partial charge in [0.2, 0.25) is 0 Å². The maximum absolute atomic E-state index is 6.11. The molecule has 0 amide bonds. The van der Waals surface area contributed by atoms with Gasteiger partial charge in [0.1, 0.15) is 0 Å². The van der Waals surface area contributed by atoms with E-state index in [1.807, 2.05) is 30.3 Å². The van der Waals surface area contributed by atoms with E-state index in [9.17, 15) is 0 Å². The third-order valence-electron chi connectivity index (χ3n) is 1.53. The van der Waals surface area contributed by atoms with Crippen molar-refractivity contribution in [2.45, 2.75) is 6.23 Å². The van der Waals surface area contributed by atoms with Crippen molar-refractivity contribution in [2.24, 2.45) is 0 Å². The Bertz CT molecular complexity index is 292. The summed E-state index contributed by atoms with van der Waals surface area (Å²) in [6, 6.07) is 9.56.